The lowest BCUT2D eigenvalue weighted by molar-refractivity contribution is -0.870. The van der Waals surface area contributed by atoms with Crippen LogP contribution in [0.4, 0.5) is 0 Å². The minimum atomic E-state index is -4.61. The molecule has 8 nitrogen and oxygen atoms in total. The van der Waals surface area contributed by atoms with E-state index in [9.17, 15) is 19.4 Å². The van der Waals surface area contributed by atoms with E-state index in [0.717, 1.165) is 64.2 Å². The average Bonchev–Trinajstić information content (AvgIpc) is 3.49. The van der Waals surface area contributed by atoms with Gasteiger partial charge in [0.25, 0.3) is 7.82 Å². The molecule has 1 amide bonds. The first-order chi connectivity index (χ1) is 41.5. The van der Waals surface area contributed by atoms with Crippen molar-refractivity contribution in [2.75, 3.05) is 40.9 Å². The molecule has 9 heteroatoms. The van der Waals surface area contributed by atoms with Gasteiger partial charge in [-0.1, -0.05) is 350 Å². The maximum Gasteiger partial charge on any atom is 0.268 e. The topological polar surface area (TPSA) is 108 Å². The van der Waals surface area contributed by atoms with Crippen molar-refractivity contribution in [1.29, 1.82) is 0 Å². The summed E-state index contributed by atoms with van der Waals surface area (Å²) >= 11 is 0. The van der Waals surface area contributed by atoms with Gasteiger partial charge < -0.3 is 28.8 Å². The molecule has 0 spiro atoms. The van der Waals surface area contributed by atoms with Crippen molar-refractivity contribution in [2.45, 2.75) is 366 Å². The summed E-state index contributed by atoms with van der Waals surface area (Å²) in [6, 6.07) is -0.906. The van der Waals surface area contributed by atoms with Crippen LogP contribution in [-0.2, 0) is 18.4 Å². The monoisotopic (exact) mass is 1210 g/mol. The number of aliphatic hydroxyl groups is 1. The Kier molecular flexibility index (Phi) is 64.8. The number of phosphoric ester groups is 1. The molecule has 3 atom stereocenters. The van der Waals surface area contributed by atoms with Gasteiger partial charge in [0, 0.05) is 6.42 Å². The Balaban J connectivity index is 4.01. The van der Waals surface area contributed by atoms with Crippen molar-refractivity contribution in [2.24, 2.45) is 0 Å². The largest absolute Gasteiger partial charge is 0.756 e. The molecule has 0 aliphatic carbocycles. The fourth-order valence-corrected chi connectivity index (χ4v) is 11.7. The molecule has 0 aromatic rings. The Morgan fingerprint density at radius 1 is 0.424 bits per heavy atom. The summed E-state index contributed by atoms with van der Waals surface area (Å²) in [5, 5.41) is 14.0. The second-order valence-electron chi connectivity index (χ2n) is 26.3. The first-order valence-electron chi connectivity index (χ1n) is 36.8. The summed E-state index contributed by atoms with van der Waals surface area (Å²) in [6.07, 6.45) is 93.4. The van der Waals surface area contributed by atoms with Crippen molar-refractivity contribution >= 4 is 13.7 Å². The van der Waals surface area contributed by atoms with E-state index in [1.54, 1.807) is 6.08 Å². The molecule has 85 heavy (non-hydrogen) atoms. The van der Waals surface area contributed by atoms with E-state index in [-0.39, 0.29) is 12.5 Å². The number of nitrogens with zero attached hydrogens (tertiary/aromatic N) is 1. The van der Waals surface area contributed by atoms with E-state index in [1.807, 2.05) is 27.2 Å². The molecule has 0 heterocycles. The molecule has 2 N–H and O–H groups in total. The normalized spacial score (nSPS) is 14.0. The van der Waals surface area contributed by atoms with Crippen LogP contribution in [0.5, 0.6) is 0 Å². The van der Waals surface area contributed by atoms with Crippen molar-refractivity contribution in [3.63, 3.8) is 0 Å². The first-order valence-corrected chi connectivity index (χ1v) is 38.3. The third-order valence-electron chi connectivity index (χ3n) is 16.7. The Bertz CT molecular complexity index is 1620. The van der Waals surface area contributed by atoms with E-state index in [4.69, 9.17) is 9.05 Å². The highest BCUT2D eigenvalue weighted by atomic mass is 31.2. The van der Waals surface area contributed by atoms with Crippen molar-refractivity contribution in [1.82, 2.24) is 5.32 Å². The third kappa shape index (κ3) is 69.3. The average molecular weight is 1210 g/mol. The maximum absolute atomic E-state index is 13.0. The third-order valence-corrected chi connectivity index (χ3v) is 17.6. The van der Waals surface area contributed by atoms with Gasteiger partial charge in [0.2, 0.25) is 5.91 Å². The maximum atomic E-state index is 13.0. The molecule has 0 radical (unpaired) electrons. The van der Waals surface area contributed by atoms with Crippen LogP contribution in [0.3, 0.4) is 0 Å². The summed E-state index contributed by atoms with van der Waals surface area (Å²) in [6.45, 7) is 4.56. The van der Waals surface area contributed by atoms with Crippen molar-refractivity contribution in [3.8, 4) is 0 Å². The summed E-state index contributed by atoms with van der Waals surface area (Å²) in [7, 11) is 1.26. The fraction of sp³-hybridized carbons (Fsp3) is 0.829. The standard InChI is InChI=1S/C76H143N2O6P/c1-6-8-10-12-14-16-18-20-22-24-26-28-30-32-34-35-36-37-38-39-40-41-42-43-44-46-48-50-52-54-56-58-60-62-64-66-68-70-76(80)77-74(73-84-85(81,82)83-72-71-78(3,4)5)75(79)69-67-65-63-61-59-57-55-53-51-49-47-45-33-31-29-27-25-23-21-19-17-15-13-11-9-7-2/h8,10,14,16,20,22,26,28,59,61,67,69,74-75,79H,6-7,9,11-13,15,17-19,21,23-25,27,29-58,60,62-66,68,70-73H2,1-5H3,(H-,77,80,81,82)/b10-8-,16-14-,22-20-,28-26-,61-59+,69-67+. The number of unbranched alkanes of at least 4 members (excludes halogenated alkanes) is 45. The molecule has 0 rings (SSSR count). The van der Waals surface area contributed by atoms with E-state index in [0.29, 0.717) is 17.4 Å². The summed E-state index contributed by atoms with van der Waals surface area (Å²) < 4.78 is 23.5. The second kappa shape index (κ2) is 66.4. The van der Waals surface area contributed by atoms with E-state index in [2.05, 4.69) is 79.9 Å². The summed E-state index contributed by atoms with van der Waals surface area (Å²) in [5.74, 6) is -0.201. The second-order valence-corrected chi connectivity index (χ2v) is 27.7. The molecule has 0 aliphatic heterocycles. The molecule has 0 saturated carbocycles. The zero-order valence-electron chi connectivity index (χ0n) is 57.1. The predicted octanol–water partition coefficient (Wildman–Crippen LogP) is 23.1. The Labute approximate surface area is 529 Å². The van der Waals surface area contributed by atoms with Crippen LogP contribution in [0.1, 0.15) is 354 Å². The molecule has 0 saturated heterocycles. The quantitative estimate of drug-likeness (QED) is 0.0272. The molecule has 0 aliphatic rings. The van der Waals surface area contributed by atoms with Gasteiger partial charge in [0.05, 0.1) is 39.9 Å². The zero-order valence-corrected chi connectivity index (χ0v) is 58.0. The number of nitrogens with one attached hydrogen (secondary N) is 1. The lowest BCUT2D eigenvalue weighted by atomic mass is 10.0. The number of aliphatic hydroxyl groups excluding tert-OH is 1. The van der Waals surface area contributed by atoms with Crippen LogP contribution in [0.2, 0.25) is 0 Å². The Morgan fingerprint density at radius 2 is 0.729 bits per heavy atom. The number of phosphoric acid groups is 1. The predicted molar refractivity (Wildman–Crippen MR) is 371 cm³/mol. The highest BCUT2D eigenvalue weighted by Crippen LogP contribution is 2.38. The molecular weight excluding hydrogens is 1070 g/mol. The van der Waals surface area contributed by atoms with Gasteiger partial charge in [0.15, 0.2) is 0 Å². The summed E-state index contributed by atoms with van der Waals surface area (Å²) in [5.41, 5.74) is 0. The van der Waals surface area contributed by atoms with Gasteiger partial charge >= 0.3 is 0 Å². The molecular formula is C76H143N2O6P. The zero-order chi connectivity index (χ0) is 61.9. The number of allylic oxidation sites excluding steroid dienone is 11. The van der Waals surface area contributed by atoms with E-state index < -0.39 is 26.6 Å². The van der Waals surface area contributed by atoms with Crippen molar-refractivity contribution in [3.05, 3.63) is 72.9 Å². The smallest absolute Gasteiger partial charge is 0.268 e. The molecule has 0 aromatic heterocycles. The highest BCUT2D eigenvalue weighted by Gasteiger charge is 2.23. The fourth-order valence-electron chi connectivity index (χ4n) is 11.0. The van der Waals surface area contributed by atoms with Crippen LogP contribution in [-0.4, -0.2) is 68.5 Å². The van der Waals surface area contributed by atoms with Crippen LogP contribution >= 0.6 is 7.82 Å². The molecule has 0 aromatic carbocycles. The van der Waals surface area contributed by atoms with E-state index >= 15 is 0 Å². The van der Waals surface area contributed by atoms with Gasteiger partial charge in [-0.05, 0) is 70.6 Å². The summed E-state index contributed by atoms with van der Waals surface area (Å²) in [4.78, 5) is 25.6. The lowest BCUT2D eigenvalue weighted by Gasteiger charge is -2.29. The lowest BCUT2D eigenvalue weighted by Crippen LogP contribution is -2.45. The number of hydrogen-bond donors (Lipinski definition) is 2. The van der Waals surface area contributed by atoms with Crippen LogP contribution < -0.4 is 10.2 Å². The van der Waals surface area contributed by atoms with Gasteiger partial charge in [-0.3, -0.25) is 9.36 Å². The Hall–Kier alpha value is -2.06. The van der Waals surface area contributed by atoms with Crippen LogP contribution in [0, 0.1) is 0 Å². The highest BCUT2D eigenvalue weighted by molar-refractivity contribution is 7.45. The minimum absolute atomic E-state index is 0.00589. The van der Waals surface area contributed by atoms with Gasteiger partial charge in [-0.2, -0.15) is 0 Å². The molecule has 3 unspecified atom stereocenters. The van der Waals surface area contributed by atoms with Crippen LogP contribution in [0.15, 0.2) is 72.9 Å². The van der Waals surface area contributed by atoms with Gasteiger partial charge in [0.1, 0.15) is 13.2 Å². The number of hydrogen-bond acceptors (Lipinski definition) is 6. The van der Waals surface area contributed by atoms with Gasteiger partial charge in [-0.25, -0.2) is 0 Å². The van der Waals surface area contributed by atoms with Crippen LogP contribution in [0.25, 0.3) is 0 Å². The number of carbonyl (C=O) groups is 1. The molecule has 0 bridgehead atoms. The van der Waals surface area contributed by atoms with E-state index in [1.165, 1.54) is 270 Å². The van der Waals surface area contributed by atoms with Gasteiger partial charge in [-0.15, -0.1) is 0 Å². The first kappa shape index (κ1) is 82.9. The molecule has 0 fully saturated rings. The number of quaternary nitrogens is 1. The SMILES string of the molecule is CC/C=C\C/C=C\C/C=C\C/C=C\CCCCCCCCCCCCCCCCCCCCCCCCCCC(=O)NC(COP(=O)([O-])OCC[N+](C)(C)C)C(O)/C=C/CC/C=C/CCCCCCCCCCCCCCCCCCCCCC. The molecule has 498 valence electrons. The number of rotatable bonds is 68. The minimum Gasteiger partial charge on any atom is -0.756 e. The Morgan fingerprint density at radius 3 is 1.09 bits per heavy atom. The van der Waals surface area contributed by atoms with Crippen molar-refractivity contribution < 1.29 is 32.9 Å². The number of carbonyl (C=O) groups excluding carboxylic acids is 1. The number of likely N-dealkylation sites (N-methyl/N-ethyl adjacent to an activating group) is 1. The number of amides is 1.